The van der Waals surface area contributed by atoms with Gasteiger partial charge in [0.05, 0.1) is 0 Å². The molecule has 0 aromatic heterocycles. The van der Waals surface area contributed by atoms with E-state index in [9.17, 15) is 0 Å². The summed E-state index contributed by atoms with van der Waals surface area (Å²) in [7, 11) is 1.97. The Kier molecular flexibility index (Phi) is 4.59. The molecular formula is C20H24N2. The zero-order valence-electron chi connectivity index (χ0n) is 13.3. The molecule has 1 N–H and O–H groups in total. The third-order valence-electron chi connectivity index (χ3n) is 4.40. The zero-order valence-corrected chi connectivity index (χ0v) is 13.3. The molecular weight excluding hydrogens is 268 g/mol. The normalized spacial score (nSPS) is 14.3. The van der Waals surface area contributed by atoms with E-state index in [0.717, 1.165) is 6.54 Å². The van der Waals surface area contributed by atoms with Crippen molar-refractivity contribution in [3.8, 4) is 11.1 Å². The van der Waals surface area contributed by atoms with Gasteiger partial charge in [0.25, 0.3) is 0 Å². The molecule has 2 aromatic rings. The fraction of sp³-hybridized carbons (Fsp3) is 0.300. The minimum Gasteiger partial charge on any atom is -0.372 e. The van der Waals surface area contributed by atoms with Crippen LogP contribution in [0.4, 0.5) is 5.69 Å². The molecule has 1 saturated heterocycles. The van der Waals surface area contributed by atoms with Crippen LogP contribution in [0.1, 0.15) is 24.0 Å². The summed E-state index contributed by atoms with van der Waals surface area (Å²) in [5.74, 6) is 0. The van der Waals surface area contributed by atoms with Crippen LogP contribution in [-0.4, -0.2) is 20.1 Å². The number of hydrogen-bond acceptors (Lipinski definition) is 2. The molecule has 0 aliphatic carbocycles. The van der Waals surface area contributed by atoms with Gasteiger partial charge in [-0.05, 0) is 60.3 Å². The van der Waals surface area contributed by atoms with E-state index in [0.29, 0.717) is 0 Å². The SMILES string of the molecule is C=Cc1cc(-c2ccc(N3CCCC3)cc2)ccc1CNC. The van der Waals surface area contributed by atoms with Gasteiger partial charge in [0.1, 0.15) is 0 Å². The Morgan fingerprint density at radius 2 is 1.73 bits per heavy atom. The maximum atomic E-state index is 3.94. The van der Waals surface area contributed by atoms with Crippen LogP contribution in [0.15, 0.2) is 49.0 Å². The Morgan fingerprint density at radius 1 is 1.05 bits per heavy atom. The Hall–Kier alpha value is -2.06. The third-order valence-corrected chi connectivity index (χ3v) is 4.40. The first-order valence-electron chi connectivity index (χ1n) is 8.07. The van der Waals surface area contributed by atoms with Gasteiger partial charge in [-0.1, -0.05) is 36.9 Å². The van der Waals surface area contributed by atoms with E-state index < -0.39 is 0 Å². The Morgan fingerprint density at radius 3 is 2.36 bits per heavy atom. The monoisotopic (exact) mass is 292 g/mol. The molecule has 0 amide bonds. The molecule has 2 heteroatoms. The van der Waals surface area contributed by atoms with Crippen molar-refractivity contribution in [3.63, 3.8) is 0 Å². The summed E-state index contributed by atoms with van der Waals surface area (Å²) in [4.78, 5) is 2.47. The van der Waals surface area contributed by atoms with Gasteiger partial charge in [0, 0.05) is 25.3 Å². The molecule has 22 heavy (non-hydrogen) atoms. The van der Waals surface area contributed by atoms with E-state index in [4.69, 9.17) is 0 Å². The molecule has 1 fully saturated rings. The first kappa shape index (κ1) is 14.9. The molecule has 1 aliphatic heterocycles. The van der Waals surface area contributed by atoms with Crippen LogP contribution in [0.5, 0.6) is 0 Å². The fourth-order valence-electron chi connectivity index (χ4n) is 3.16. The van der Waals surface area contributed by atoms with Crippen molar-refractivity contribution in [2.24, 2.45) is 0 Å². The molecule has 2 aromatic carbocycles. The smallest absolute Gasteiger partial charge is 0.0366 e. The highest BCUT2D eigenvalue weighted by Crippen LogP contribution is 2.27. The standard InChI is InChI=1S/C20H24N2/c1-3-16-14-18(6-7-19(16)15-21-2)17-8-10-20(11-9-17)22-12-4-5-13-22/h3,6-11,14,21H,1,4-5,12-13,15H2,2H3. The van der Waals surface area contributed by atoms with E-state index in [1.165, 1.54) is 53.9 Å². The van der Waals surface area contributed by atoms with Gasteiger partial charge in [-0.3, -0.25) is 0 Å². The summed E-state index contributed by atoms with van der Waals surface area (Å²) in [5, 5.41) is 3.20. The van der Waals surface area contributed by atoms with Gasteiger partial charge in [-0.15, -0.1) is 0 Å². The van der Waals surface area contributed by atoms with Crippen LogP contribution in [0.3, 0.4) is 0 Å². The summed E-state index contributed by atoms with van der Waals surface area (Å²) in [6.45, 7) is 7.20. The number of anilines is 1. The van der Waals surface area contributed by atoms with Gasteiger partial charge in [-0.2, -0.15) is 0 Å². The van der Waals surface area contributed by atoms with E-state index >= 15 is 0 Å². The predicted octanol–water partition coefficient (Wildman–Crippen LogP) is 4.32. The minimum atomic E-state index is 0.871. The molecule has 0 bridgehead atoms. The topological polar surface area (TPSA) is 15.3 Å². The number of hydrogen-bond donors (Lipinski definition) is 1. The summed E-state index contributed by atoms with van der Waals surface area (Å²) in [5.41, 5.74) is 6.35. The Bertz CT molecular complexity index is 637. The summed E-state index contributed by atoms with van der Waals surface area (Å²) >= 11 is 0. The number of benzene rings is 2. The molecule has 1 heterocycles. The number of rotatable bonds is 5. The molecule has 0 radical (unpaired) electrons. The quantitative estimate of drug-likeness (QED) is 0.883. The Labute approximate surface area is 133 Å². The van der Waals surface area contributed by atoms with Crippen molar-refractivity contribution in [1.82, 2.24) is 5.32 Å². The average Bonchev–Trinajstić information content (AvgIpc) is 3.10. The first-order valence-corrected chi connectivity index (χ1v) is 8.07. The molecule has 0 spiro atoms. The second-order valence-electron chi connectivity index (χ2n) is 5.89. The lowest BCUT2D eigenvalue weighted by atomic mass is 9.98. The molecule has 0 saturated carbocycles. The Balaban J connectivity index is 1.85. The predicted molar refractivity (Wildman–Crippen MR) is 96.2 cm³/mol. The highest BCUT2D eigenvalue weighted by Gasteiger charge is 2.12. The van der Waals surface area contributed by atoms with Crippen LogP contribution in [0.2, 0.25) is 0 Å². The molecule has 1 aliphatic rings. The maximum Gasteiger partial charge on any atom is 0.0366 e. The van der Waals surface area contributed by atoms with Gasteiger partial charge >= 0.3 is 0 Å². The van der Waals surface area contributed by atoms with Crippen molar-refractivity contribution < 1.29 is 0 Å². The molecule has 0 unspecified atom stereocenters. The van der Waals surface area contributed by atoms with Crippen LogP contribution >= 0.6 is 0 Å². The number of nitrogens with zero attached hydrogens (tertiary/aromatic N) is 1. The second kappa shape index (κ2) is 6.80. The van der Waals surface area contributed by atoms with Gasteiger partial charge < -0.3 is 10.2 Å². The van der Waals surface area contributed by atoms with E-state index in [1.54, 1.807) is 0 Å². The molecule has 3 rings (SSSR count). The summed E-state index contributed by atoms with van der Waals surface area (Å²) < 4.78 is 0. The zero-order chi connectivity index (χ0) is 15.4. The highest BCUT2D eigenvalue weighted by molar-refractivity contribution is 5.70. The maximum absolute atomic E-state index is 3.94. The molecule has 2 nitrogen and oxygen atoms in total. The van der Waals surface area contributed by atoms with Crippen molar-refractivity contribution in [3.05, 3.63) is 60.2 Å². The van der Waals surface area contributed by atoms with Crippen LogP contribution in [0, 0.1) is 0 Å². The summed E-state index contributed by atoms with van der Waals surface area (Å²) in [6.07, 6.45) is 4.57. The van der Waals surface area contributed by atoms with E-state index in [-0.39, 0.29) is 0 Å². The van der Waals surface area contributed by atoms with Gasteiger partial charge in [-0.25, -0.2) is 0 Å². The van der Waals surface area contributed by atoms with Crippen LogP contribution in [-0.2, 0) is 6.54 Å². The number of nitrogens with one attached hydrogen (secondary N) is 1. The van der Waals surface area contributed by atoms with Crippen molar-refractivity contribution in [2.75, 3.05) is 25.0 Å². The lowest BCUT2D eigenvalue weighted by molar-refractivity contribution is 0.816. The van der Waals surface area contributed by atoms with E-state index in [2.05, 4.69) is 59.3 Å². The largest absolute Gasteiger partial charge is 0.372 e. The molecule has 114 valence electrons. The first-order chi connectivity index (χ1) is 10.8. The van der Waals surface area contributed by atoms with Crippen LogP contribution in [0.25, 0.3) is 17.2 Å². The fourth-order valence-corrected chi connectivity index (χ4v) is 3.16. The van der Waals surface area contributed by atoms with Crippen molar-refractivity contribution in [1.29, 1.82) is 0 Å². The van der Waals surface area contributed by atoms with Gasteiger partial charge in [0.15, 0.2) is 0 Å². The minimum absolute atomic E-state index is 0.871. The van der Waals surface area contributed by atoms with Crippen LogP contribution < -0.4 is 10.2 Å². The van der Waals surface area contributed by atoms with Crippen molar-refractivity contribution >= 4 is 11.8 Å². The van der Waals surface area contributed by atoms with E-state index in [1.807, 2.05) is 13.1 Å². The highest BCUT2D eigenvalue weighted by atomic mass is 15.1. The van der Waals surface area contributed by atoms with Gasteiger partial charge in [0.2, 0.25) is 0 Å². The average molecular weight is 292 g/mol. The molecule has 0 atom stereocenters. The van der Waals surface area contributed by atoms with Crippen molar-refractivity contribution in [2.45, 2.75) is 19.4 Å². The second-order valence-corrected chi connectivity index (χ2v) is 5.89. The lowest BCUT2D eigenvalue weighted by Crippen LogP contribution is -2.17. The lowest BCUT2D eigenvalue weighted by Gasteiger charge is -2.18. The summed E-state index contributed by atoms with van der Waals surface area (Å²) in [6, 6.07) is 15.6. The third kappa shape index (κ3) is 3.07.